The minimum Gasteiger partial charge on any atom is -0.478 e. The summed E-state index contributed by atoms with van der Waals surface area (Å²) in [6.45, 7) is 0. The summed E-state index contributed by atoms with van der Waals surface area (Å²) in [4.78, 5) is 19.1. The second-order valence-electron chi connectivity index (χ2n) is 1.60. The minimum atomic E-state index is -1.26. The Morgan fingerprint density at radius 1 is 1.23 bits per heavy atom. The Morgan fingerprint density at radius 3 is 1.92 bits per heavy atom. The summed E-state index contributed by atoms with van der Waals surface area (Å²) in [5.41, 5.74) is 0. The molecule has 0 fully saturated rings. The van der Waals surface area contributed by atoms with Crippen molar-refractivity contribution in [2.75, 3.05) is 0 Å². The van der Waals surface area contributed by atoms with Crippen LogP contribution in [0.3, 0.4) is 0 Å². The predicted octanol–water partition coefficient (Wildman–Crippen LogP) is 0.250. The molecule has 0 aromatic carbocycles. The van der Waals surface area contributed by atoms with Gasteiger partial charge in [0, 0.05) is 17.5 Å². The van der Waals surface area contributed by atoms with Gasteiger partial charge >= 0.3 is 11.9 Å². The van der Waals surface area contributed by atoms with E-state index in [9.17, 15) is 9.59 Å². The first-order chi connectivity index (χ1) is 6.13. The maximum atomic E-state index is 9.55. The van der Waals surface area contributed by atoms with Gasteiger partial charge in [-0.1, -0.05) is 4.49 Å². The molecule has 0 spiro atoms. The largest absolute Gasteiger partial charge is 0.478 e. The molecular formula is C6H6N2O4S. The molecule has 0 aliphatic rings. The van der Waals surface area contributed by atoms with Crippen LogP contribution in [0.1, 0.15) is 0 Å². The van der Waals surface area contributed by atoms with Gasteiger partial charge < -0.3 is 10.2 Å². The van der Waals surface area contributed by atoms with Gasteiger partial charge in [-0.2, -0.15) is 0 Å². The molecule has 0 radical (unpaired) electrons. The van der Waals surface area contributed by atoms with Gasteiger partial charge in [-0.25, -0.2) is 9.59 Å². The second kappa shape index (κ2) is 6.92. The topological polar surface area (TPSA) is 100 Å². The van der Waals surface area contributed by atoms with Crippen molar-refractivity contribution in [2.45, 2.75) is 0 Å². The van der Waals surface area contributed by atoms with Crippen LogP contribution in [0.25, 0.3) is 0 Å². The first-order valence-corrected chi connectivity index (χ1v) is 3.81. The van der Waals surface area contributed by atoms with Gasteiger partial charge in [0.2, 0.25) is 0 Å². The fourth-order valence-electron chi connectivity index (χ4n) is 0.279. The maximum Gasteiger partial charge on any atom is 0.328 e. The third-order valence-electron chi connectivity index (χ3n) is 0.651. The molecule has 2 N–H and O–H groups in total. The SMILES string of the molecule is O=C(O)/C=C/C(=O)O.c1csnn1. The first-order valence-electron chi connectivity index (χ1n) is 2.98. The minimum absolute atomic E-state index is 0.558. The van der Waals surface area contributed by atoms with Gasteiger partial charge in [-0.05, 0) is 11.5 Å². The number of hydrogen-bond acceptors (Lipinski definition) is 5. The monoisotopic (exact) mass is 202 g/mol. The predicted molar refractivity (Wildman–Crippen MR) is 44.3 cm³/mol. The summed E-state index contributed by atoms with van der Waals surface area (Å²) in [5, 5.41) is 20.9. The number of nitrogens with zero attached hydrogens (tertiary/aromatic N) is 2. The van der Waals surface area contributed by atoms with Crippen LogP contribution in [0.2, 0.25) is 0 Å². The van der Waals surface area contributed by atoms with E-state index >= 15 is 0 Å². The molecule has 1 aromatic rings. The lowest BCUT2D eigenvalue weighted by molar-refractivity contribution is -0.134. The molecule has 0 saturated heterocycles. The van der Waals surface area contributed by atoms with Crippen LogP contribution in [0, 0.1) is 0 Å². The van der Waals surface area contributed by atoms with Gasteiger partial charge in [-0.15, -0.1) is 5.10 Å². The molecule has 1 heterocycles. The number of carboxylic acids is 2. The zero-order valence-corrected chi connectivity index (χ0v) is 7.14. The Balaban J connectivity index is 0.000000243. The second-order valence-corrected chi connectivity index (χ2v) is 2.24. The standard InChI is InChI=1S/C4H4O4.C2H2N2S/c5-3(6)1-2-4(7)8;1-2-5-4-3-1/h1-2H,(H,5,6)(H,7,8);1-2H/b2-1+;. The zero-order chi connectivity index (χ0) is 10.1. The van der Waals surface area contributed by atoms with Gasteiger partial charge in [0.25, 0.3) is 0 Å². The molecule has 0 amide bonds. The number of carboxylic acid groups (broad SMARTS) is 2. The van der Waals surface area contributed by atoms with Crippen LogP contribution < -0.4 is 0 Å². The highest BCUT2D eigenvalue weighted by molar-refractivity contribution is 7.03. The lowest BCUT2D eigenvalue weighted by Gasteiger charge is -1.74. The molecule has 0 aliphatic heterocycles. The van der Waals surface area contributed by atoms with Crippen molar-refractivity contribution in [1.82, 2.24) is 9.59 Å². The van der Waals surface area contributed by atoms with Crippen LogP contribution in [-0.4, -0.2) is 31.7 Å². The summed E-state index contributed by atoms with van der Waals surface area (Å²) in [7, 11) is 0. The van der Waals surface area contributed by atoms with Crippen molar-refractivity contribution in [1.29, 1.82) is 0 Å². The van der Waals surface area contributed by atoms with Crippen LogP contribution in [0.5, 0.6) is 0 Å². The number of aliphatic carboxylic acids is 2. The fourth-order valence-corrected chi connectivity index (χ4v) is 0.551. The van der Waals surface area contributed by atoms with E-state index in [0.717, 1.165) is 0 Å². The molecule has 1 aromatic heterocycles. The fraction of sp³-hybridized carbons (Fsp3) is 0. The highest BCUT2D eigenvalue weighted by atomic mass is 32.1. The molecule has 13 heavy (non-hydrogen) atoms. The highest BCUT2D eigenvalue weighted by Crippen LogP contribution is 1.78. The van der Waals surface area contributed by atoms with Crippen molar-refractivity contribution >= 4 is 23.5 Å². The zero-order valence-electron chi connectivity index (χ0n) is 6.32. The van der Waals surface area contributed by atoms with Crippen LogP contribution in [-0.2, 0) is 9.59 Å². The van der Waals surface area contributed by atoms with E-state index in [-0.39, 0.29) is 0 Å². The van der Waals surface area contributed by atoms with E-state index in [4.69, 9.17) is 10.2 Å². The molecular weight excluding hydrogens is 196 g/mol. The van der Waals surface area contributed by atoms with Crippen molar-refractivity contribution in [3.05, 3.63) is 23.7 Å². The van der Waals surface area contributed by atoms with Crippen molar-refractivity contribution < 1.29 is 19.8 Å². The Kier molecular flexibility index (Phi) is 5.98. The number of aromatic nitrogens is 2. The third-order valence-corrected chi connectivity index (χ3v) is 1.08. The average molecular weight is 202 g/mol. The summed E-state index contributed by atoms with van der Waals surface area (Å²) in [6.07, 6.45) is 2.77. The van der Waals surface area contributed by atoms with Crippen molar-refractivity contribution in [3.8, 4) is 0 Å². The third kappa shape index (κ3) is 10.2. The molecule has 0 aliphatic carbocycles. The Hall–Kier alpha value is -1.76. The van der Waals surface area contributed by atoms with Crippen LogP contribution in [0.4, 0.5) is 0 Å². The summed E-state index contributed by atoms with van der Waals surface area (Å²) in [5.74, 6) is -2.51. The molecule has 70 valence electrons. The Labute approximate surface area is 77.3 Å². The number of carbonyl (C=O) groups is 2. The number of rotatable bonds is 2. The van der Waals surface area contributed by atoms with Crippen molar-refractivity contribution in [2.24, 2.45) is 0 Å². The van der Waals surface area contributed by atoms with E-state index in [2.05, 4.69) is 9.59 Å². The normalized spacial score (nSPS) is 8.92. The molecule has 0 unspecified atom stereocenters. The average Bonchev–Trinajstić information content (AvgIpc) is 2.57. The molecule has 6 nitrogen and oxygen atoms in total. The first kappa shape index (κ1) is 11.2. The van der Waals surface area contributed by atoms with Crippen LogP contribution in [0.15, 0.2) is 23.7 Å². The quantitative estimate of drug-likeness (QED) is 0.666. The molecule has 1 rings (SSSR count). The van der Waals surface area contributed by atoms with E-state index < -0.39 is 11.9 Å². The Morgan fingerprint density at radius 2 is 1.77 bits per heavy atom. The lowest BCUT2D eigenvalue weighted by atomic mass is 10.5. The smallest absolute Gasteiger partial charge is 0.328 e. The Bertz CT molecular complexity index is 250. The highest BCUT2D eigenvalue weighted by Gasteiger charge is 1.88. The van der Waals surface area contributed by atoms with Crippen LogP contribution >= 0.6 is 11.5 Å². The lowest BCUT2D eigenvalue weighted by Crippen LogP contribution is -1.91. The number of hydrogen-bond donors (Lipinski definition) is 2. The van der Waals surface area contributed by atoms with E-state index in [1.54, 1.807) is 6.20 Å². The summed E-state index contributed by atoms with van der Waals surface area (Å²) in [6, 6.07) is 0. The van der Waals surface area contributed by atoms with E-state index in [1.165, 1.54) is 11.5 Å². The summed E-state index contributed by atoms with van der Waals surface area (Å²) < 4.78 is 3.51. The van der Waals surface area contributed by atoms with Crippen molar-refractivity contribution in [3.63, 3.8) is 0 Å². The van der Waals surface area contributed by atoms with Gasteiger partial charge in [-0.3, -0.25) is 0 Å². The maximum absolute atomic E-state index is 9.55. The van der Waals surface area contributed by atoms with E-state index in [1.807, 2.05) is 5.38 Å². The molecule has 0 bridgehead atoms. The van der Waals surface area contributed by atoms with Gasteiger partial charge in [0.15, 0.2) is 0 Å². The summed E-state index contributed by atoms with van der Waals surface area (Å²) >= 11 is 1.35. The molecule has 0 atom stereocenters. The molecule has 0 saturated carbocycles. The van der Waals surface area contributed by atoms with E-state index in [0.29, 0.717) is 12.2 Å². The van der Waals surface area contributed by atoms with Gasteiger partial charge in [0.1, 0.15) is 0 Å². The van der Waals surface area contributed by atoms with Gasteiger partial charge in [0.05, 0.1) is 6.20 Å². The molecule has 7 heteroatoms.